The van der Waals surface area contributed by atoms with Crippen molar-refractivity contribution in [3.63, 3.8) is 0 Å². The second-order valence-corrected chi connectivity index (χ2v) is 8.86. The lowest BCUT2D eigenvalue weighted by Gasteiger charge is -2.26. The molecule has 1 unspecified atom stereocenters. The molecule has 1 atom stereocenters. The molecule has 0 saturated carbocycles. The molecule has 1 saturated heterocycles. The summed E-state index contributed by atoms with van der Waals surface area (Å²) < 4.78 is 11.5. The fraction of sp³-hybridized carbons (Fsp3) is 0.185. The molecular weight excluding hydrogens is 514 g/mol. The van der Waals surface area contributed by atoms with E-state index in [2.05, 4.69) is 15.9 Å². The van der Waals surface area contributed by atoms with E-state index in [1.165, 1.54) is 11.0 Å². The summed E-state index contributed by atoms with van der Waals surface area (Å²) in [7, 11) is 1.57. The van der Waals surface area contributed by atoms with E-state index >= 15 is 0 Å². The maximum Gasteiger partial charge on any atom is 0.295 e. The molecule has 1 aliphatic heterocycles. The van der Waals surface area contributed by atoms with Gasteiger partial charge in [-0.15, -0.1) is 0 Å². The number of carbonyl (C=O) groups excluding carboxylic acids is 2. The Bertz CT molecular complexity index is 1280. The standard InChI is InChI=1S/C27H24BrNO6/c1-3-35-22-14-18(8-13-21(22)30)24-23(25(31)17-6-9-19(28)10-7-17)26(32)27(33)29(24)15-16-4-11-20(34-2)12-5-16/h4-14,24,30-31H,3,15H2,1-2H3/b25-23-. The first-order valence-electron chi connectivity index (χ1n) is 11.0. The Kier molecular flexibility index (Phi) is 7.12. The molecule has 1 amide bonds. The van der Waals surface area contributed by atoms with E-state index in [1.807, 2.05) is 12.1 Å². The van der Waals surface area contributed by atoms with Crippen molar-refractivity contribution in [3.05, 3.63) is 93.5 Å². The number of nitrogens with zero attached hydrogens (tertiary/aromatic N) is 1. The van der Waals surface area contributed by atoms with Crippen LogP contribution in [-0.4, -0.2) is 40.5 Å². The topological polar surface area (TPSA) is 96.3 Å². The van der Waals surface area contributed by atoms with Crippen LogP contribution in [0.5, 0.6) is 17.2 Å². The van der Waals surface area contributed by atoms with Gasteiger partial charge in [-0.25, -0.2) is 0 Å². The lowest BCUT2D eigenvalue weighted by molar-refractivity contribution is -0.140. The number of hydrogen-bond donors (Lipinski definition) is 2. The van der Waals surface area contributed by atoms with Gasteiger partial charge in [0, 0.05) is 16.6 Å². The van der Waals surface area contributed by atoms with Gasteiger partial charge in [-0.2, -0.15) is 0 Å². The van der Waals surface area contributed by atoms with E-state index in [0.29, 0.717) is 23.5 Å². The third kappa shape index (κ3) is 4.88. The number of hydrogen-bond acceptors (Lipinski definition) is 6. The van der Waals surface area contributed by atoms with Gasteiger partial charge in [0.15, 0.2) is 11.5 Å². The molecular formula is C27H24BrNO6. The Morgan fingerprint density at radius 2 is 1.71 bits per heavy atom. The Labute approximate surface area is 211 Å². The first-order chi connectivity index (χ1) is 16.8. The first kappa shape index (κ1) is 24.3. The number of aliphatic hydroxyl groups excluding tert-OH is 1. The summed E-state index contributed by atoms with van der Waals surface area (Å²) in [5, 5.41) is 21.4. The SMILES string of the molecule is CCOc1cc(C2/C(=C(/O)c3ccc(Br)cc3)C(=O)C(=O)N2Cc2ccc(OC)cc2)ccc1O. The Balaban J connectivity index is 1.85. The predicted octanol–water partition coefficient (Wildman–Crippen LogP) is 5.18. The quantitative estimate of drug-likeness (QED) is 0.245. The minimum atomic E-state index is -0.888. The highest BCUT2D eigenvalue weighted by molar-refractivity contribution is 9.10. The number of amides is 1. The molecule has 35 heavy (non-hydrogen) atoms. The van der Waals surface area contributed by atoms with Crippen molar-refractivity contribution in [3.8, 4) is 17.2 Å². The molecule has 1 aliphatic rings. The molecule has 0 radical (unpaired) electrons. The summed E-state index contributed by atoms with van der Waals surface area (Å²) in [5.74, 6) is -0.948. The summed E-state index contributed by atoms with van der Waals surface area (Å²) >= 11 is 3.36. The second kappa shape index (κ2) is 10.2. The van der Waals surface area contributed by atoms with Gasteiger partial charge in [0.2, 0.25) is 0 Å². The lowest BCUT2D eigenvalue weighted by atomic mass is 9.95. The van der Waals surface area contributed by atoms with Crippen LogP contribution in [0.2, 0.25) is 0 Å². The van der Waals surface area contributed by atoms with E-state index in [9.17, 15) is 19.8 Å². The van der Waals surface area contributed by atoms with Gasteiger partial charge in [-0.3, -0.25) is 9.59 Å². The molecule has 3 aromatic rings. The number of carbonyl (C=O) groups is 2. The van der Waals surface area contributed by atoms with Crippen LogP contribution in [0.1, 0.15) is 29.7 Å². The van der Waals surface area contributed by atoms with Crippen molar-refractivity contribution in [1.82, 2.24) is 4.90 Å². The van der Waals surface area contributed by atoms with Crippen molar-refractivity contribution in [1.29, 1.82) is 0 Å². The molecule has 3 aromatic carbocycles. The number of ketones is 1. The zero-order chi connectivity index (χ0) is 25.1. The molecule has 2 N–H and O–H groups in total. The summed E-state index contributed by atoms with van der Waals surface area (Å²) in [5.41, 5.74) is 1.69. The Hall–Kier alpha value is -3.78. The van der Waals surface area contributed by atoms with Gasteiger partial charge >= 0.3 is 0 Å². The number of likely N-dealkylation sites (tertiary alicyclic amines) is 1. The van der Waals surface area contributed by atoms with Crippen LogP contribution < -0.4 is 9.47 Å². The number of rotatable bonds is 7. The highest BCUT2D eigenvalue weighted by Gasteiger charge is 2.46. The van der Waals surface area contributed by atoms with Crippen LogP contribution in [0, 0.1) is 0 Å². The molecule has 4 rings (SSSR count). The summed E-state index contributed by atoms with van der Waals surface area (Å²) in [6.07, 6.45) is 0. The third-order valence-electron chi connectivity index (χ3n) is 5.77. The van der Waals surface area contributed by atoms with Crippen LogP contribution in [0.4, 0.5) is 0 Å². The van der Waals surface area contributed by atoms with Crippen molar-refractivity contribution >= 4 is 33.4 Å². The highest BCUT2D eigenvalue weighted by Crippen LogP contribution is 2.42. The fourth-order valence-corrected chi connectivity index (χ4v) is 4.32. The van der Waals surface area contributed by atoms with Gasteiger partial charge in [-0.05, 0) is 54.4 Å². The highest BCUT2D eigenvalue weighted by atomic mass is 79.9. The predicted molar refractivity (Wildman–Crippen MR) is 134 cm³/mol. The number of ether oxygens (including phenoxy) is 2. The minimum Gasteiger partial charge on any atom is -0.507 e. The molecule has 0 bridgehead atoms. The fourth-order valence-electron chi connectivity index (χ4n) is 4.05. The van der Waals surface area contributed by atoms with E-state index in [0.717, 1.165) is 10.0 Å². The van der Waals surface area contributed by atoms with Crippen LogP contribution in [0.25, 0.3) is 5.76 Å². The summed E-state index contributed by atoms with van der Waals surface area (Å²) in [6.45, 7) is 2.23. The molecule has 180 valence electrons. The molecule has 0 spiro atoms. The minimum absolute atomic E-state index is 0.0287. The van der Waals surface area contributed by atoms with Crippen molar-refractivity contribution < 1.29 is 29.3 Å². The number of Topliss-reactive ketones (excluding diaryl/α,β-unsaturated/α-hetero) is 1. The van der Waals surface area contributed by atoms with Crippen LogP contribution in [-0.2, 0) is 16.1 Å². The van der Waals surface area contributed by atoms with Gasteiger partial charge in [0.1, 0.15) is 11.5 Å². The van der Waals surface area contributed by atoms with E-state index in [1.54, 1.807) is 62.6 Å². The monoisotopic (exact) mass is 537 g/mol. The smallest absolute Gasteiger partial charge is 0.295 e. The van der Waals surface area contributed by atoms with Crippen molar-refractivity contribution in [2.75, 3.05) is 13.7 Å². The zero-order valence-electron chi connectivity index (χ0n) is 19.2. The molecule has 8 heteroatoms. The van der Waals surface area contributed by atoms with Crippen LogP contribution >= 0.6 is 15.9 Å². The molecule has 0 aliphatic carbocycles. The number of benzene rings is 3. The normalized spacial score (nSPS) is 17.0. The average molecular weight is 538 g/mol. The molecule has 1 heterocycles. The number of aromatic hydroxyl groups is 1. The number of halogens is 1. The van der Waals surface area contributed by atoms with E-state index in [-0.39, 0.29) is 29.4 Å². The Morgan fingerprint density at radius 1 is 1.03 bits per heavy atom. The second-order valence-electron chi connectivity index (χ2n) is 7.94. The van der Waals surface area contributed by atoms with Gasteiger partial charge in [-0.1, -0.05) is 46.3 Å². The molecule has 0 aromatic heterocycles. The first-order valence-corrected chi connectivity index (χ1v) is 11.8. The third-order valence-corrected chi connectivity index (χ3v) is 6.30. The Morgan fingerprint density at radius 3 is 2.34 bits per heavy atom. The zero-order valence-corrected chi connectivity index (χ0v) is 20.8. The maximum absolute atomic E-state index is 13.2. The largest absolute Gasteiger partial charge is 0.507 e. The van der Waals surface area contributed by atoms with E-state index in [4.69, 9.17) is 9.47 Å². The van der Waals surface area contributed by atoms with Gasteiger partial charge in [0.05, 0.1) is 25.3 Å². The molecule has 1 fully saturated rings. The molecule has 7 nitrogen and oxygen atoms in total. The van der Waals surface area contributed by atoms with Gasteiger partial charge in [0.25, 0.3) is 11.7 Å². The maximum atomic E-state index is 13.2. The average Bonchev–Trinajstić information content (AvgIpc) is 3.11. The van der Waals surface area contributed by atoms with E-state index < -0.39 is 17.7 Å². The number of methoxy groups -OCH3 is 1. The summed E-state index contributed by atoms with van der Waals surface area (Å²) in [6, 6.07) is 17.7. The number of phenolic OH excluding ortho intramolecular Hbond substituents is 1. The van der Waals surface area contributed by atoms with Crippen molar-refractivity contribution in [2.24, 2.45) is 0 Å². The summed E-state index contributed by atoms with van der Waals surface area (Å²) in [4.78, 5) is 27.9. The van der Waals surface area contributed by atoms with Crippen molar-refractivity contribution in [2.45, 2.75) is 19.5 Å². The van der Waals surface area contributed by atoms with Crippen LogP contribution in [0.15, 0.2) is 76.8 Å². The van der Waals surface area contributed by atoms with Crippen LogP contribution in [0.3, 0.4) is 0 Å². The number of aliphatic hydroxyl groups is 1. The lowest BCUT2D eigenvalue weighted by Crippen LogP contribution is -2.29. The van der Waals surface area contributed by atoms with Gasteiger partial charge < -0.3 is 24.6 Å². The number of phenols is 1.